The largest absolute Gasteiger partial charge is 0.542 e. The summed E-state index contributed by atoms with van der Waals surface area (Å²) in [6.07, 6.45) is 0.851. The molecule has 0 saturated carbocycles. The summed E-state index contributed by atoms with van der Waals surface area (Å²) in [6, 6.07) is 6.21. The first-order chi connectivity index (χ1) is 7.81. The second-order valence-corrected chi connectivity index (χ2v) is 9.81. The first kappa shape index (κ1) is 14.1. The van der Waals surface area contributed by atoms with Gasteiger partial charge in [-0.15, -0.1) is 0 Å². The zero-order valence-corrected chi connectivity index (χ0v) is 12.4. The van der Waals surface area contributed by atoms with Crippen LogP contribution in [0, 0.1) is 0 Å². The van der Waals surface area contributed by atoms with E-state index in [4.69, 9.17) is 14.9 Å². The number of ether oxygens (including phenoxy) is 1. The summed E-state index contributed by atoms with van der Waals surface area (Å²) in [6.45, 7) is 8.46. The van der Waals surface area contributed by atoms with Crippen molar-refractivity contribution in [3.8, 4) is 11.5 Å². The van der Waals surface area contributed by atoms with Gasteiger partial charge in [-0.1, -0.05) is 6.07 Å². The minimum Gasteiger partial charge on any atom is -0.542 e. The lowest BCUT2D eigenvalue weighted by Crippen LogP contribution is -2.29. The van der Waals surface area contributed by atoms with Crippen molar-refractivity contribution in [2.24, 2.45) is 5.73 Å². The molecule has 4 heteroatoms. The van der Waals surface area contributed by atoms with E-state index in [1.165, 1.54) is 5.56 Å². The average molecular weight is 253 g/mol. The van der Waals surface area contributed by atoms with Gasteiger partial charge in [0.2, 0.25) is 8.32 Å². The van der Waals surface area contributed by atoms with Gasteiger partial charge in [0.15, 0.2) is 5.75 Å². The number of methoxy groups -OCH3 is 1. The molecule has 1 aromatic rings. The lowest BCUT2D eigenvalue weighted by atomic mass is 10.1. The lowest BCUT2D eigenvalue weighted by molar-refractivity contribution is 0.391. The summed E-state index contributed by atoms with van der Waals surface area (Å²) in [5.74, 6) is 1.63. The van der Waals surface area contributed by atoms with Crippen LogP contribution in [0.25, 0.3) is 0 Å². The second-order valence-electron chi connectivity index (χ2n) is 5.38. The topological polar surface area (TPSA) is 44.5 Å². The van der Waals surface area contributed by atoms with Gasteiger partial charge in [0.25, 0.3) is 0 Å². The minimum atomic E-state index is -1.60. The molecule has 0 amide bonds. The molecule has 0 fully saturated rings. The SMILES string of the molecule is COc1cc(CC(C)N)ccc1O[Si](C)(C)C. The quantitative estimate of drug-likeness (QED) is 0.821. The van der Waals surface area contributed by atoms with Crippen molar-refractivity contribution in [2.75, 3.05) is 7.11 Å². The summed E-state index contributed by atoms with van der Waals surface area (Å²) in [5, 5.41) is 0. The summed E-state index contributed by atoms with van der Waals surface area (Å²) < 4.78 is 11.3. The molecule has 2 N–H and O–H groups in total. The van der Waals surface area contributed by atoms with Crippen molar-refractivity contribution in [1.82, 2.24) is 0 Å². The van der Waals surface area contributed by atoms with Crippen LogP contribution in [0.15, 0.2) is 18.2 Å². The van der Waals surface area contributed by atoms with Crippen molar-refractivity contribution in [1.29, 1.82) is 0 Å². The molecule has 0 radical (unpaired) electrons. The predicted molar refractivity (Wildman–Crippen MR) is 74.3 cm³/mol. The molecular weight excluding hydrogens is 230 g/mol. The Morgan fingerprint density at radius 2 is 1.88 bits per heavy atom. The normalized spacial score (nSPS) is 13.3. The molecule has 0 heterocycles. The Morgan fingerprint density at radius 3 is 2.35 bits per heavy atom. The Morgan fingerprint density at radius 1 is 1.24 bits per heavy atom. The Balaban J connectivity index is 2.93. The van der Waals surface area contributed by atoms with E-state index in [0.717, 1.165) is 17.9 Å². The van der Waals surface area contributed by atoms with Gasteiger partial charge >= 0.3 is 0 Å². The van der Waals surface area contributed by atoms with Crippen LogP contribution in [0.1, 0.15) is 12.5 Å². The van der Waals surface area contributed by atoms with Gasteiger partial charge in [0.05, 0.1) is 7.11 Å². The fourth-order valence-corrected chi connectivity index (χ4v) is 2.45. The van der Waals surface area contributed by atoms with Crippen LogP contribution in [0.2, 0.25) is 19.6 Å². The molecule has 96 valence electrons. The van der Waals surface area contributed by atoms with E-state index in [1.54, 1.807) is 7.11 Å². The number of rotatable bonds is 5. The van der Waals surface area contributed by atoms with Crippen LogP contribution in [0.3, 0.4) is 0 Å². The van der Waals surface area contributed by atoms with Crippen molar-refractivity contribution in [2.45, 2.75) is 39.0 Å². The van der Waals surface area contributed by atoms with Gasteiger partial charge in [-0.25, -0.2) is 0 Å². The van der Waals surface area contributed by atoms with E-state index in [-0.39, 0.29) is 6.04 Å². The van der Waals surface area contributed by atoms with E-state index in [9.17, 15) is 0 Å². The van der Waals surface area contributed by atoms with Crippen LogP contribution >= 0.6 is 0 Å². The van der Waals surface area contributed by atoms with Crippen molar-refractivity contribution in [3.05, 3.63) is 23.8 Å². The summed E-state index contributed by atoms with van der Waals surface area (Å²) in [7, 11) is 0.0689. The molecular formula is C13H23NO2Si. The molecule has 0 aliphatic rings. The highest BCUT2D eigenvalue weighted by Crippen LogP contribution is 2.30. The van der Waals surface area contributed by atoms with Crippen LogP contribution in [0.4, 0.5) is 0 Å². The minimum absolute atomic E-state index is 0.156. The first-order valence-corrected chi connectivity index (χ1v) is 9.34. The maximum atomic E-state index is 5.97. The molecule has 0 aliphatic heterocycles. The van der Waals surface area contributed by atoms with Crippen molar-refractivity contribution < 1.29 is 9.16 Å². The zero-order valence-electron chi connectivity index (χ0n) is 11.4. The molecule has 0 saturated heterocycles. The summed E-state index contributed by atoms with van der Waals surface area (Å²) in [4.78, 5) is 0. The highest BCUT2D eigenvalue weighted by atomic mass is 28.4. The predicted octanol–water partition coefficient (Wildman–Crippen LogP) is 2.80. The molecule has 3 nitrogen and oxygen atoms in total. The van der Waals surface area contributed by atoms with E-state index < -0.39 is 8.32 Å². The van der Waals surface area contributed by atoms with Gasteiger partial charge in [-0.2, -0.15) is 0 Å². The molecule has 1 atom stereocenters. The number of hydrogen-bond acceptors (Lipinski definition) is 3. The highest BCUT2D eigenvalue weighted by Gasteiger charge is 2.18. The Kier molecular flexibility index (Phi) is 4.59. The van der Waals surface area contributed by atoms with Crippen molar-refractivity contribution in [3.63, 3.8) is 0 Å². The fourth-order valence-electron chi connectivity index (χ4n) is 1.62. The van der Waals surface area contributed by atoms with Gasteiger partial charge in [0.1, 0.15) is 5.75 Å². The Bertz CT molecular complexity index is 372. The van der Waals surface area contributed by atoms with Crippen LogP contribution in [0.5, 0.6) is 11.5 Å². The zero-order chi connectivity index (χ0) is 13.1. The molecule has 0 aromatic heterocycles. The van der Waals surface area contributed by atoms with Gasteiger partial charge in [-0.3, -0.25) is 0 Å². The van der Waals surface area contributed by atoms with Crippen LogP contribution in [-0.2, 0) is 6.42 Å². The van der Waals surface area contributed by atoms with Gasteiger partial charge in [-0.05, 0) is 50.7 Å². The third-order valence-corrected chi connectivity index (χ3v) is 3.03. The maximum Gasteiger partial charge on any atom is 0.242 e. The monoisotopic (exact) mass is 253 g/mol. The van der Waals surface area contributed by atoms with E-state index in [2.05, 4.69) is 25.7 Å². The molecule has 1 rings (SSSR count). The van der Waals surface area contributed by atoms with Gasteiger partial charge < -0.3 is 14.9 Å². The third-order valence-electron chi connectivity index (χ3n) is 2.20. The molecule has 0 aliphatic carbocycles. The molecule has 0 bridgehead atoms. The molecule has 0 spiro atoms. The Labute approximate surface area is 105 Å². The number of hydrogen-bond donors (Lipinski definition) is 1. The van der Waals surface area contributed by atoms with E-state index >= 15 is 0 Å². The summed E-state index contributed by atoms with van der Waals surface area (Å²) in [5.41, 5.74) is 6.97. The first-order valence-electron chi connectivity index (χ1n) is 5.93. The maximum absolute atomic E-state index is 5.97. The highest BCUT2D eigenvalue weighted by molar-refractivity contribution is 6.70. The standard InChI is InChI=1S/C13H23NO2Si/c1-10(14)8-11-6-7-12(13(9-11)15-2)16-17(3,4)5/h6-7,9-10H,8,14H2,1-5H3. The third kappa shape index (κ3) is 4.79. The number of nitrogens with two attached hydrogens (primary N) is 1. The van der Waals surface area contributed by atoms with Crippen LogP contribution in [-0.4, -0.2) is 21.5 Å². The Hall–Kier alpha value is -1.00. The van der Waals surface area contributed by atoms with E-state index in [1.807, 2.05) is 19.1 Å². The van der Waals surface area contributed by atoms with E-state index in [0.29, 0.717) is 0 Å². The van der Waals surface area contributed by atoms with Crippen LogP contribution < -0.4 is 14.9 Å². The van der Waals surface area contributed by atoms with Gasteiger partial charge in [0, 0.05) is 6.04 Å². The second kappa shape index (κ2) is 5.56. The van der Waals surface area contributed by atoms with Crippen molar-refractivity contribution >= 4 is 8.32 Å². The molecule has 17 heavy (non-hydrogen) atoms. The molecule has 1 unspecified atom stereocenters. The lowest BCUT2D eigenvalue weighted by Gasteiger charge is -2.21. The molecule has 1 aromatic carbocycles. The summed E-state index contributed by atoms with van der Waals surface area (Å²) >= 11 is 0. The fraction of sp³-hybridized carbons (Fsp3) is 0.538. The average Bonchev–Trinajstić information content (AvgIpc) is 2.17. The number of benzene rings is 1. The smallest absolute Gasteiger partial charge is 0.242 e.